The van der Waals surface area contributed by atoms with Gasteiger partial charge in [0.25, 0.3) is 0 Å². The Balaban J connectivity index is 4.77. The Labute approximate surface area is 97.8 Å². The predicted octanol–water partition coefficient (Wildman–Crippen LogP) is 3.40. The first-order valence-electron chi connectivity index (χ1n) is 5.62. The van der Waals surface area contributed by atoms with E-state index in [0.29, 0.717) is 25.5 Å². The van der Waals surface area contributed by atoms with Gasteiger partial charge in [-0.05, 0) is 27.7 Å². The highest BCUT2D eigenvalue weighted by Crippen LogP contribution is 2.50. The van der Waals surface area contributed by atoms with E-state index in [2.05, 4.69) is 4.76 Å². The molecule has 0 radical (unpaired) electrons. The molecule has 5 nitrogen and oxygen atoms in total. The first kappa shape index (κ1) is 15.6. The van der Waals surface area contributed by atoms with Crippen LogP contribution >= 0.6 is 7.75 Å². The van der Waals surface area contributed by atoms with Crippen LogP contribution in [0, 0.1) is 0 Å². The molecule has 96 valence electrons. The second-order valence-corrected chi connectivity index (χ2v) is 4.97. The molecule has 0 aromatic heterocycles. The Kier molecular flexibility index (Phi) is 7.64. The van der Waals surface area contributed by atoms with E-state index >= 15 is 0 Å². The van der Waals surface area contributed by atoms with Crippen LogP contribution in [0.5, 0.6) is 0 Å². The molecule has 0 heterocycles. The summed E-state index contributed by atoms with van der Waals surface area (Å²) in [6.45, 7) is 9.73. The molecule has 0 aliphatic carbocycles. The number of ether oxygens (including phenoxy) is 1. The average molecular weight is 251 g/mol. The number of hydrogen-bond acceptors (Lipinski definition) is 4. The van der Waals surface area contributed by atoms with Crippen molar-refractivity contribution in [1.29, 1.82) is 0 Å². The number of hydrogen-bond donors (Lipinski definition) is 0. The lowest BCUT2D eigenvalue weighted by molar-refractivity contribution is 0.209. The Morgan fingerprint density at radius 2 is 1.69 bits per heavy atom. The minimum Gasteiger partial charge on any atom is -0.478 e. The largest absolute Gasteiger partial charge is 0.478 e. The lowest BCUT2D eigenvalue weighted by Gasteiger charge is -2.15. The summed E-state index contributed by atoms with van der Waals surface area (Å²) in [5, 5.41) is 0. The summed E-state index contributed by atoms with van der Waals surface area (Å²) in [4.78, 5) is 0. The van der Waals surface area contributed by atoms with Crippen LogP contribution in [-0.2, 0) is 18.3 Å². The Bertz CT molecular complexity index is 256. The normalized spacial score (nSPS) is 13.2. The predicted molar refractivity (Wildman–Crippen MR) is 64.8 cm³/mol. The molecule has 0 N–H and O–H groups in total. The Morgan fingerprint density at radius 1 is 1.19 bits per heavy atom. The molecule has 6 heteroatoms. The standard InChI is InChI=1S/C10H22NO4P/c1-6-10(15-9(4)5)11-16(12,13-7-2)14-8-3/h9H,6-8H2,1-5H3/b11-10+. The van der Waals surface area contributed by atoms with Crippen LogP contribution < -0.4 is 0 Å². The molecule has 0 amide bonds. The molecule has 0 aromatic rings. The minimum atomic E-state index is -3.39. The van der Waals surface area contributed by atoms with Gasteiger partial charge in [-0.1, -0.05) is 6.92 Å². The molecule has 0 bridgehead atoms. The van der Waals surface area contributed by atoms with Crippen LogP contribution in [-0.4, -0.2) is 25.2 Å². The van der Waals surface area contributed by atoms with E-state index in [9.17, 15) is 4.57 Å². The van der Waals surface area contributed by atoms with E-state index in [-0.39, 0.29) is 6.10 Å². The van der Waals surface area contributed by atoms with Crippen molar-refractivity contribution in [2.45, 2.75) is 47.1 Å². The summed E-state index contributed by atoms with van der Waals surface area (Å²) >= 11 is 0. The highest BCUT2D eigenvalue weighted by atomic mass is 31.2. The molecule has 0 fully saturated rings. The van der Waals surface area contributed by atoms with Crippen molar-refractivity contribution < 1.29 is 18.3 Å². The van der Waals surface area contributed by atoms with Crippen LogP contribution in [0.15, 0.2) is 4.76 Å². The second-order valence-electron chi connectivity index (χ2n) is 3.32. The maximum atomic E-state index is 12.1. The van der Waals surface area contributed by atoms with E-state index in [1.54, 1.807) is 13.8 Å². The highest BCUT2D eigenvalue weighted by molar-refractivity contribution is 7.52. The minimum absolute atomic E-state index is 0.00426. The van der Waals surface area contributed by atoms with E-state index in [4.69, 9.17) is 13.8 Å². The van der Waals surface area contributed by atoms with Crippen molar-refractivity contribution in [2.24, 2.45) is 4.76 Å². The summed E-state index contributed by atoms with van der Waals surface area (Å²) < 4.78 is 31.5. The van der Waals surface area contributed by atoms with Crippen molar-refractivity contribution in [2.75, 3.05) is 13.2 Å². The van der Waals surface area contributed by atoms with E-state index < -0.39 is 7.75 Å². The smallest absolute Gasteiger partial charge is 0.456 e. The Morgan fingerprint density at radius 3 is 2.00 bits per heavy atom. The molecular weight excluding hydrogens is 229 g/mol. The topological polar surface area (TPSA) is 57.1 Å². The van der Waals surface area contributed by atoms with Crippen LogP contribution in [0.3, 0.4) is 0 Å². The fourth-order valence-electron chi connectivity index (χ4n) is 1.01. The third kappa shape index (κ3) is 6.26. The maximum Gasteiger partial charge on any atom is 0.456 e. The molecule has 0 atom stereocenters. The van der Waals surface area contributed by atoms with Gasteiger partial charge in [0.1, 0.15) is 0 Å². The lowest BCUT2D eigenvalue weighted by Crippen LogP contribution is -2.11. The molecule has 0 saturated heterocycles. The van der Waals surface area contributed by atoms with E-state index in [0.717, 1.165) is 0 Å². The molecular formula is C10H22NO4P. The van der Waals surface area contributed by atoms with Crippen LogP contribution in [0.2, 0.25) is 0 Å². The molecule has 0 aromatic carbocycles. The van der Waals surface area contributed by atoms with E-state index in [1.165, 1.54) is 0 Å². The molecule has 0 spiro atoms. The first-order chi connectivity index (χ1) is 7.47. The molecule has 0 unspecified atom stereocenters. The molecule has 0 saturated carbocycles. The van der Waals surface area contributed by atoms with Gasteiger partial charge in [0.05, 0.1) is 19.3 Å². The average Bonchev–Trinajstić information content (AvgIpc) is 2.16. The number of rotatable bonds is 7. The maximum absolute atomic E-state index is 12.1. The zero-order valence-corrected chi connectivity index (χ0v) is 11.6. The Hall–Kier alpha value is -0.380. The summed E-state index contributed by atoms with van der Waals surface area (Å²) in [5.74, 6) is 0.403. The quantitative estimate of drug-likeness (QED) is 0.395. The van der Waals surface area contributed by atoms with Gasteiger partial charge < -0.3 is 4.74 Å². The van der Waals surface area contributed by atoms with Crippen LogP contribution in [0.4, 0.5) is 0 Å². The van der Waals surface area contributed by atoms with Crippen molar-refractivity contribution in [1.82, 2.24) is 0 Å². The summed E-state index contributed by atoms with van der Waals surface area (Å²) in [6.07, 6.45) is 0.554. The van der Waals surface area contributed by atoms with Gasteiger partial charge in [0.2, 0.25) is 0 Å². The van der Waals surface area contributed by atoms with Crippen molar-refractivity contribution in [3.8, 4) is 0 Å². The van der Waals surface area contributed by atoms with Crippen molar-refractivity contribution in [3.63, 3.8) is 0 Å². The highest BCUT2D eigenvalue weighted by Gasteiger charge is 2.24. The zero-order valence-electron chi connectivity index (χ0n) is 10.7. The molecule has 0 rings (SSSR count). The van der Waals surface area contributed by atoms with Gasteiger partial charge >= 0.3 is 7.75 Å². The van der Waals surface area contributed by atoms with Crippen molar-refractivity contribution in [3.05, 3.63) is 0 Å². The summed E-state index contributed by atoms with van der Waals surface area (Å²) in [7, 11) is -3.39. The van der Waals surface area contributed by atoms with Gasteiger partial charge in [0.15, 0.2) is 5.90 Å². The SMILES string of the molecule is CCOP(=O)(/N=C(\CC)OC(C)C)OCC. The first-order valence-corrected chi connectivity index (χ1v) is 7.11. The summed E-state index contributed by atoms with van der Waals surface area (Å²) in [6, 6.07) is 0. The van der Waals surface area contributed by atoms with Crippen molar-refractivity contribution >= 4 is 13.6 Å². The number of nitrogens with zero attached hydrogens (tertiary/aromatic N) is 1. The van der Waals surface area contributed by atoms with Gasteiger partial charge in [0, 0.05) is 6.42 Å². The third-order valence-electron chi connectivity index (χ3n) is 1.49. The van der Waals surface area contributed by atoms with Gasteiger partial charge in [-0.3, -0.25) is 9.05 Å². The third-order valence-corrected chi connectivity index (χ3v) is 3.13. The monoisotopic (exact) mass is 251 g/mol. The molecule has 0 aliphatic rings. The van der Waals surface area contributed by atoms with Crippen LogP contribution in [0.25, 0.3) is 0 Å². The molecule has 16 heavy (non-hydrogen) atoms. The summed E-state index contributed by atoms with van der Waals surface area (Å²) in [5.41, 5.74) is 0. The van der Waals surface area contributed by atoms with Gasteiger partial charge in [-0.15, -0.1) is 4.76 Å². The molecule has 0 aliphatic heterocycles. The fraction of sp³-hybridized carbons (Fsp3) is 0.900. The zero-order chi connectivity index (χ0) is 12.6. The lowest BCUT2D eigenvalue weighted by atomic mass is 10.4. The van der Waals surface area contributed by atoms with Gasteiger partial charge in [-0.2, -0.15) is 0 Å². The van der Waals surface area contributed by atoms with Gasteiger partial charge in [-0.25, -0.2) is 4.57 Å². The van der Waals surface area contributed by atoms with Crippen LogP contribution in [0.1, 0.15) is 41.0 Å². The van der Waals surface area contributed by atoms with E-state index in [1.807, 2.05) is 20.8 Å². The second kappa shape index (κ2) is 7.82. The fourth-order valence-corrected chi connectivity index (χ4v) is 2.31.